The highest BCUT2D eigenvalue weighted by atomic mass is 16.1. The van der Waals surface area contributed by atoms with Gasteiger partial charge in [0.2, 0.25) is 0 Å². The van der Waals surface area contributed by atoms with Gasteiger partial charge in [0.1, 0.15) is 6.29 Å². The summed E-state index contributed by atoms with van der Waals surface area (Å²) in [7, 11) is 0. The third kappa shape index (κ3) is 1.32. The molecule has 1 heterocycles. The van der Waals surface area contributed by atoms with Crippen molar-refractivity contribution in [3.8, 4) is 0 Å². The molecular weight excluding hydrogens is 162 g/mol. The van der Waals surface area contributed by atoms with E-state index in [-0.39, 0.29) is 0 Å². The molecule has 0 atom stereocenters. The van der Waals surface area contributed by atoms with Crippen LogP contribution >= 0.6 is 0 Å². The smallest absolute Gasteiger partial charge is 0.150 e. The van der Waals surface area contributed by atoms with Gasteiger partial charge in [0.15, 0.2) is 0 Å². The minimum atomic E-state index is 0.789. The van der Waals surface area contributed by atoms with E-state index in [1.165, 1.54) is 11.3 Å². The van der Waals surface area contributed by atoms with Gasteiger partial charge in [-0.1, -0.05) is 0 Å². The summed E-state index contributed by atoms with van der Waals surface area (Å²) in [6.07, 6.45) is 1.99. The molecule has 68 valence electrons. The minimum Gasteiger partial charge on any atom is -0.371 e. The summed E-state index contributed by atoms with van der Waals surface area (Å²) in [4.78, 5) is 12.9. The zero-order valence-corrected chi connectivity index (χ0v) is 7.79. The number of aldehydes is 1. The number of benzene rings is 1. The second-order valence-corrected chi connectivity index (χ2v) is 3.34. The first-order valence-electron chi connectivity index (χ1n) is 4.68. The molecule has 13 heavy (non-hydrogen) atoms. The van der Waals surface area contributed by atoms with E-state index in [0.29, 0.717) is 0 Å². The number of carbonyl (C=O) groups excluding carboxylic acids is 1. The number of carbonyl (C=O) groups is 1. The third-order valence-corrected chi connectivity index (χ3v) is 2.61. The molecule has 2 heteroatoms. The first kappa shape index (κ1) is 8.30. The lowest BCUT2D eigenvalue weighted by Crippen LogP contribution is -2.18. The fraction of sp³-hybridized carbons (Fsp3) is 0.364. The van der Waals surface area contributed by atoms with E-state index >= 15 is 0 Å². The van der Waals surface area contributed by atoms with Gasteiger partial charge in [0.05, 0.1) is 0 Å². The van der Waals surface area contributed by atoms with Crippen LogP contribution in [0, 0.1) is 0 Å². The molecule has 0 saturated heterocycles. The number of fused-ring (bicyclic) bond motifs is 1. The van der Waals surface area contributed by atoms with Crippen LogP contribution in [0.2, 0.25) is 0 Å². The molecule has 0 amide bonds. The lowest BCUT2D eigenvalue weighted by molar-refractivity contribution is 0.112. The van der Waals surface area contributed by atoms with Crippen molar-refractivity contribution in [2.45, 2.75) is 13.3 Å². The van der Waals surface area contributed by atoms with Crippen molar-refractivity contribution < 1.29 is 4.79 Å². The Morgan fingerprint density at radius 2 is 2.38 bits per heavy atom. The molecule has 0 bridgehead atoms. The summed E-state index contributed by atoms with van der Waals surface area (Å²) in [5.41, 5.74) is 3.40. The highest BCUT2D eigenvalue weighted by molar-refractivity contribution is 5.77. The van der Waals surface area contributed by atoms with Crippen LogP contribution in [0.4, 0.5) is 5.69 Å². The van der Waals surface area contributed by atoms with Gasteiger partial charge >= 0.3 is 0 Å². The van der Waals surface area contributed by atoms with Crippen LogP contribution in [0.3, 0.4) is 0 Å². The summed E-state index contributed by atoms with van der Waals surface area (Å²) in [6.45, 7) is 4.30. The van der Waals surface area contributed by atoms with Crippen molar-refractivity contribution in [1.29, 1.82) is 0 Å². The van der Waals surface area contributed by atoms with Crippen LogP contribution < -0.4 is 4.90 Å². The fourth-order valence-corrected chi connectivity index (χ4v) is 1.89. The zero-order chi connectivity index (χ0) is 9.26. The number of rotatable bonds is 2. The van der Waals surface area contributed by atoms with Crippen molar-refractivity contribution in [3.05, 3.63) is 29.3 Å². The van der Waals surface area contributed by atoms with E-state index in [9.17, 15) is 4.79 Å². The van der Waals surface area contributed by atoms with Gasteiger partial charge in [-0.15, -0.1) is 0 Å². The molecule has 2 rings (SSSR count). The molecule has 0 N–H and O–H groups in total. The molecule has 0 saturated carbocycles. The van der Waals surface area contributed by atoms with Crippen molar-refractivity contribution in [2.24, 2.45) is 0 Å². The summed E-state index contributed by atoms with van der Waals surface area (Å²) in [5.74, 6) is 0. The van der Waals surface area contributed by atoms with E-state index in [1.807, 2.05) is 12.1 Å². The fourth-order valence-electron chi connectivity index (χ4n) is 1.89. The second-order valence-electron chi connectivity index (χ2n) is 3.34. The standard InChI is InChI=1S/C11H13NO/c1-2-12-6-5-10-7-9(8-13)3-4-11(10)12/h3-4,7-8H,2,5-6H2,1H3. The molecule has 1 aromatic carbocycles. The van der Waals surface area contributed by atoms with Crippen LogP contribution in [0.1, 0.15) is 22.8 Å². The number of hydrogen-bond donors (Lipinski definition) is 0. The second kappa shape index (κ2) is 3.21. The maximum absolute atomic E-state index is 10.5. The minimum absolute atomic E-state index is 0.789. The molecule has 0 radical (unpaired) electrons. The van der Waals surface area contributed by atoms with Crippen LogP contribution in [0.25, 0.3) is 0 Å². The summed E-state index contributed by atoms with van der Waals surface area (Å²) in [5, 5.41) is 0. The number of nitrogens with zero attached hydrogens (tertiary/aromatic N) is 1. The Labute approximate surface area is 78.2 Å². The Morgan fingerprint density at radius 1 is 1.54 bits per heavy atom. The number of hydrogen-bond acceptors (Lipinski definition) is 2. The molecule has 0 aliphatic carbocycles. The van der Waals surface area contributed by atoms with E-state index in [1.54, 1.807) is 0 Å². The molecule has 0 fully saturated rings. The maximum atomic E-state index is 10.5. The quantitative estimate of drug-likeness (QED) is 0.640. The Bertz CT molecular complexity index is 333. The van der Waals surface area contributed by atoms with E-state index < -0.39 is 0 Å². The van der Waals surface area contributed by atoms with Crippen LogP contribution in [0.5, 0.6) is 0 Å². The topological polar surface area (TPSA) is 20.3 Å². The average Bonchev–Trinajstić information content (AvgIpc) is 2.59. The Morgan fingerprint density at radius 3 is 3.08 bits per heavy atom. The molecule has 1 aliphatic rings. The number of anilines is 1. The van der Waals surface area contributed by atoms with E-state index in [4.69, 9.17) is 0 Å². The van der Waals surface area contributed by atoms with Crippen molar-refractivity contribution >= 4 is 12.0 Å². The molecular formula is C11H13NO. The summed E-state index contributed by atoms with van der Waals surface area (Å²) < 4.78 is 0. The number of likely N-dealkylation sites (N-methyl/N-ethyl adjacent to an activating group) is 1. The van der Waals surface area contributed by atoms with Gasteiger partial charge in [-0.25, -0.2) is 0 Å². The van der Waals surface area contributed by atoms with E-state index in [2.05, 4.69) is 17.9 Å². The molecule has 1 aliphatic heterocycles. The molecule has 1 aromatic rings. The van der Waals surface area contributed by atoms with Crippen molar-refractivity contribution in [1.82, 2.24) is 0 Å². The zero-order valence-electron chi connectivity index (χ0n) is 7.79. The largest absolute Gasteiger partial charge is 0.371 e. The average molecular weight is 175 g/mol. The van der Waals surface area contributed by atoms with Gasteiger partial charge in [0, 0.05) is 24.3 Å². The Balaban J connectivity index is 2.40. The Kier molecular flexibility index (Phi) is 2.05. The molecule has 0 unspecified atom stereocenters. The normalized spacial score (nSPS) is 14.4. The molecule has 2 nitrogen and oxygen atoms in total. The van der Waals surface area contributed by atoms with Gasteiger partial charge in [-0.3, -0.25) is 4.79 Å². The monoisotopic (exact) mass is 175 g/mol. The van der Waals surface area contributed by atoms with Crippen molar-refractivity contribution in [2.75, 3.05) is 18.0 Å². The van der Waals surface area contributed by atoms with E-state index in [0.717, 1.165) is 31.4 Å². The van der Waals surface area contributed by atoms with Gasteiger partial charge in [-0.2, -0.15) is 0 Å². The highest BCUT2D eigenvalue weighted by Gasteiger charge is 2.16. The molecule has 0 aromatic heterocycles. The predicted molar refractivity (Wildman–Crippen MR) is 53.4 cm³/mol. The lowest BCUT2D eigenvalue weighted by atomic mass is 10.1. The van der Waals surface area contributed by atoms with Crippen LogP contribution in [-0.2, 0) is 6.42 Å². The van der Waals surface area contributed by atoms with Gasteiger partial charge in [-0.05, 0) is 37.1 Å². The SMILES string of the molecule is CCN1CCc2cc(C=O)ccc21. The first-order chi connectivity index (χ1) is 6.35. The van der Waals surface area contributed by atoms with Gasteiger partial charge < -0.3 is 4.90 Å². The lowest BCUT2D eigenvalue weighted by Gasteiger charge is -2.16. The van der Waals surface area contributed by atoms with Gasteiger partial charge in [0.25, 0.3) is 0 Å². The summed E-state index contributed by atoms with van der Waals surface area (Å²) >= 11 is 0. The van der Waals surface area contributed by atoms with Crippen LogP contribution in [-0.4, -0.2) is 19.4 Å². The van der Waals surface area contributed by atoms with Crippen LogP contribution in [0.15, 0.2) is 18.2 Å². The maximum Gasteiger partial charge on any atom is 0.150 e. The predicted octanol–water partition coefficient (Wildman–Crippen LogP) is 1.88. The van der Waals surface area contributed by atoms with Crippen molar-refractivity contribution in [3.63, 3.8) is 0 Å². The molecule has 0 spiro atoms. The Hall–Kier alpha value is -1.31. The first-order valence-corrected chi connectivity index (χ1v) is 4.68. The summed E-state index contributed by atoms with van der Waals surface area (Å²) in [6, 6.07) is 5.94. The third-order valence-electron chi connectivity index (χ3n) is 2.61. The highest BCUT2D eigenvalue weighted by Crippen LogP contribution is 2.27.